The number of rotatable bonds is 16. The number of piperidine rings is 1. The molecule has 7 rings (SSSR count). The molecule has 0 spiro atoms. The molecule has 67 heavy (non-hydrogen) atoms. The smallest absolute Gasteiger partial charge is 0.407 e. The summed E-state index contributed by atoms with van der Waals surface area (Å²) in [5.74, 6) is -3.25. The van der Waals surface area contributed by atoms with Gasteiger partial charge in [0.05, 0.1) is 56.3 Å². The maximum absolute atomic E-state index is 15.0. The molecule has 2 fully saturated rings. The molecular formula is C48H62F2N8O8Si. The van der Waals surface area contributed by atoms with Crippen molar-refractivity contribution in [2.45, 2.75) is 89.8 Å². The van der Waals surface area contributed by atoms with Crippen LogP contribution in [0.2, 0.25) is 19.1 Å². The zero-order valence-corrected chi connectivity index (χ0v) is 40.4. The highest BCUT2D eigenvalue weighted by atomic mass is 28.3. The van der Waals surface area contributed by atoms with Gasteiger partial charge in [-0.05, 0) is 52.1 Å². The number of hydrogen-bond acceptors (Lipinski definition) is 10. The predicted molar refractivity (Wildman–Crippen MR) is 252 cm³/mol. The van der Waals surface area contributed by atoms with E-state index in [1.54, 1.807) is 20.0 Å². The molecule has 3 aromatic carbocycles. The second-order valence-electron chi connectivity index (χ2n) is 19.0. The molecule has 19 heteroatoms. The van der Waals surface area contributed by atoms with Crippen molar-refractivity contribution in [3.63, 3.8) is 0 Å². The van der Waals surface area contributed by atoms with Crippen LogP contribution in [0.25, 0.3) is 44.2 Å². The number of aromatic nitrogens is 4. The summed E-state index contributed by atoms with van der Waals surface area (Å²) in [5, 5.41) is 7.37. The monoisotopic (exact) mass is 944 g/mol. The zero-order valence-electron chi connectivity index (χ0n) is 39.4. The van der Waals surface area contributed by atoms with Gasteiger partial charge in [0.15, 0.2) is 0 Å². The number of hydrogen-bond donors (Lipinski definition) is 4. The number of benzene rings is 3. The van der Waals surface area contributed by atoms with E-state index in [-0.39, 0.29) is 62.6 Å². The lowest BCUT2D eigenvalue weighted by Gasteiger charge is -2.40. The number of carbonyl (C=O) groups is 4. The van der Waals surface area contributed by atoms with Gasteiger partial charge in [-0.3, -0.25) is 9.59 Å². The third-order valence-electron chi connectivity index (χ3n) is 12.6. The summed E-state index contributed by atoms with van der Waals surface area (Å²) in [6, 6.07) is 15.8. The molecule has 4 amide bonds. The van der Waals surface area contributed by atoms with Crippen LogP contribution in [0.1, 0.15) is 64.3 Å². The first-order valence-corrected chi connectivity index (χ1v) is 26.2. The summed E-state index contributed by atoms with van der Waals surface area (Å²) in [4.78, 5) is 72.8. The summed E-state index contributed by atoms with van der Waals surface area (Å²) in [6.07, 6.45) is -0.363. The Balaban J connectivity index is 1.08. The zero-order chi connectivity index (χ0) is 48.2. The number of nitrogens with one attached hydrogen (secondary N) is 4. The standard InChI is InChI=1S/C48H62F2N8O8Si/c1-28(2)39(55-46(61)65-21-19-63-5)44(59)57-18-17-48(49,50)24-37(57)42-51-25-36(53-42)31-11-9-30(10-12-31)32-13-15-34-33(23-32)14-16-35-41(34)54-43(52-35)38-26-67(7,8)27-58(38)45(60)40(29(3)4)56-47(62)66-22-20-64-6/h9-16,23,25,28-29,37-40H,17-22,24,26-27H2,1-8H3,(H,51,53)(H,52,54)(H,55,61)(H,56,62)/t37-,38-,39-,40-/m0/s1. The number of amides is 4. The van der Waals surface area contributed by atoms with Gasteiger partial charge >= 0.3 is 12.2 Å². The van der Waals surface area contributed by atoms with Gasteiger partial charge < -0.3 is 49.3 Å². The fourth-order valence-corrected chi connectivity index (χ4v) is 11.9. The first kappa shape index (κ1) is 49.0. The van der Waals surface area contributed by atoms with Crippen LogP contribution in [-0.4, -0.2) is 133 Å². The number of alkyl carbamates (subject to hydrolysis) is 2. The van der Waals surface area contributed by atoms with Gasteiger partial charge in [-0.15, -0.1) is 0 Å². The molecule has 0 radical (unpaired) electrons. The van der Waals surface area contributed by atoms with Crippen LogP contribution >= 0.6 is 0 Å². The normalized spacial score (nSPS) is 18.9. The maximum atomic E-state index is 15.0. The summed E-state index contributed by atoms with van der Waals surface area (Å²) in [6.45, 7) is 12.2. The number of aromatic amines is 2. The van der Waals surface area contributed by atoms with E-state index < -0.39 is 63.1 Å². The topological polar surface area (TPSA) is 193 Å². The van der Waals surface area contributed by atoms with Crippen molar-refractivity contribution < 1.29 is 46.9 Å². The van der Waals surface area contributed by atoms with Gasteiger partial charge in [0.1, 0.15) is 36.9 Å². The molecule has 16 nitrogen and oxygen atoms in total. The molecule has 0 bridgehead atoms. The molecule has 2 aliphatic heterocycles. The van der Waals surface area contributed by atoms with Gasteiger partial charge in [0.2, 0.25) is 11.8 Å². The number of likely N-dealkylation sites (tertiary alicyclic amines) is 1. The first-order valence-electron chi connectivity index (χ1n) is 22.8. The average molecular weight is 945 g/mol. The molecule has 4 N–H and O–H groups in total. The molecule has 2 aliphatic rings. The molecule has 0 saturated carbocycles. The Morgan fingerprint density at radius 2 is 1.37 bits per heavy atom. The van der Waals surface area contributed by atoms with Crippen LogP contribution in [0.5, 0.6) is 0 Å². The van der Waals surface area contributed by atoms with Gasteiger partial charge in [0, 0.05) is 45.2 Å². The summed E-state index contributed by atoms with van der Waals surface area (Å²) >= 11 is 0. The van der Waals surface area contributed by atoms with Crippen LogP contribution in [0.15, 0.2) is 60.8 Å². The Kier molecular flexibility index (Phi) is 15.0. The number of imidazole rings is 2. The van der Waals surface area contributed by atoms with Crippen molar-refractivity contribution in [1.29, 1.82) is 0 Å². The molecule has 4 heterocycles. The third-order valence-corrected chi connectivity index (χ3v) is 15.3. The van der Waals surface area contributed by atoms with Crippen molar-refractivity contribution in [2.75, 3.05) is 53.4 Å². The van der Waals surface area contributed by atoms with Crippen LogP contribution in [0.4, 0.5) is 18.4 Å². The number of H-pyrrole nitrogens is 2. The highest BCUT2D eigenvalue weighted by Crippen LogP contribution is 2.41. The SMILES string of the molecule is COCCOC(=O)N[C@H](C(=O)N1CCC(F)(F)C[C@H]1c1ncc(-c2ccc(-c3ccc4c(ccc5nc([C@@H]6C[Si](C)(C)CN6C(=O)[C@@H](NC(=O)OCCOC)C(C)C)[nH]c54)c3)cc2)[nH]1)C(C)C. The van der Waals surface area contributed by atoms with Crippen molar-refractivity contribution in [3.8, 4) is 22.4 Å². The lowest BCUT2D eigenvalue weighted by molar-refractivity contribution is -0.147. The fourth-order valence-electron chi connectivity index (χ4n) is 9.01. The van der Waals surface area contributed by atoms with Crippen LogP contribution in [-0.2, 0) is 28.5 Å². The highest BCUT2D eigenvalue weighted by Gasteiger charge is 2.47. The average Bonchev–Trinajstić information content (AvgIpc) is 4.04. The Morgan fingerprint density at radius 3 is 1.99 bits per heavy atom. The summed E-state index contributed by atoms with van der Waals surface area (Å²) in [7, 11) is 1.15. The molecule has 4 atom stereocenters. The van der Waals surface area contributed by atoms with E-state index >= 15 is 0 Å². The number of carbonyl (C=O) groups excluding carboxylic acids is 4. The molecule has 2 aromatic heterocycles. The lowest BCUT2D eigenvalue weighted by Crippen LogP contribution is -2.55. The third kappa shape index (κ3) is 11.3. The van der Waals surface area contributed by atoms with E-state index in [0.717, 1.165) is 44.5 Å². The Bertz CT molecular complexity index is 2570. The van der Waals surface area contributed by atoms with E-state index in [0.29, 0.717) is 17.7 Å². The van der Waals surface area contributed by atoms with E-state index in [1.165, 1.54) is 19.1 Å². The quantitative estimate of drug-likeness (QED) is 0.0557. The van der Waals surface area contributed by atoms with Gasteiger partial charge in [0.25, 0.3) is 5.92 Å². The van der Waals surface area contributed by atoms with Gasteiger partial charge in [-0.25, -0.2) is 28.3 Å². The number of halogens is 2. The molecule has 5 aromatic rings. The van der Waals surface area contributed by atoms with Gasteiger partial charge in [-0.2, -0.15) is 0 Å². The second-order valence-corrected chi connectivity index (χ2v) is 24.0. The number of alkyl halides is 2. The number of nitrogens with zero attached hydrogens (tertiary/aromatic N) is 4. The lowest BCUT2D eigenvalue weighted by atomic mass is 9.94. The van der Waals surface area contributed by atoms with Crippen LogP contribution in [0.3, 0.4) is 0 Å². The highest BCUT2D eigenvalue weighted by molar-refractivity contribution is 6.78. The minimum atomic E-state index is -3.02. The number of fused-ring (bicyclic) bond motifs is 3. The van der Waals surface area contributed by atoms with E-state index in [9.17, 15) is 28.0 Å². The van der Waals surface area contributed by atoms with Crippen LogP contribution in [0, 0.1) is 11.8 Å². The molecule has 2 saturated heterocycles. The maximum Gasteiger partial charge on any atom is 0.407 e. The van der Waals surface area contributed by atoms with E-state index in [2.05, 4.69) is 50.8 Å². The Labute approximate surface area is 389 Å². The van der Waals surface area contributed by atoms with Gasteiger partial charge in [-0.1, -0.05) is 83.3 Å². The van der Waals surface area contributed by atoms with E-state index in [1.807, 2.05) is 61.2 Å². The minimum Gasteiger partial charge on any atom is -0.447 e. The van der Waals surface area contributed by atoms with Crippen molar-refractivity contribution in [3.05, 3.63) is 72.4 Å². The second kappa shape index (κ2) is 20.5. The molecule has 360 valence electrons. The number of ether oxygens (including phenoxy) is 4. The van der Waals surface area contributed by atoms with Crippen molar-refractivity contribution >= 4 is 53.9 Å². The van der Waals surface area contributed by atoms with Crippen molar-refractivity contribution in [1.82, 2.24) is 40.4 Å². The molecule has 0 aliphatic carbocycles. The Morgan fingerprint density at radius 1 is 0.776 bits per heavy atom. The molecular weight excluding hydrogens is 883 g/mol. The predicted octanol–water partition coefficient (Wildman–Crippen LogP) is 8.00. The van der Waals surface area contributed by atoms with E-state index in [4.69, 9.17) is 23.9 Å². The largest absolute Gasteiger partial charge is 0.447 e. The molecule has 0 unspecified atom stereocenters. The van der Waals surface area contributed by atoms with Crippen LogP contribution < -0.4 is 10.6 Å². The summed E-state index contributed by atoms with van der Waals surface area (Å²) in [5.41, 5.74) is 4.97. The first-order chi connectivity index (χ1) is 31.9. The Hall–Kier alpha value is -5.92. The summed E-state index contributed by atoms with van der Waals surface area (Å²) < 4.78 is 50.2. The van der Waals surface area contributed by atoms with Crippen molar-refractivity contribution in [2.24, 2.45) is 11.8 Å². The fraction of sp³-hybridized carbons (Fsp3) is 0.500. The number of methoxy groups -OCH3 is 2. The minimum absolute atomic E-state index is 0.000882.